The minimum atomic E-state index is -0.163. The van der Waals surface area contributed by atoms with Crippen molar-refractivity contribution in [2.75, 3.05) is 13.2 Å². The number of amides is 1. The SMILES string of the molecule is CC1CC(C)C(C(N)=O)C(C2CCOC2)N1. The first-order chi connectivity index (χ1) is 7.59. The maximum Gasteiger partial charge on any atom is 0.222 e. The number of nitrogens with one attached hydrogen (secondary N) is 1. The van der Waals surface area contributed by atoms with E-state index in [1.54, 1.807) is 0 Å². The van der Waals surface area contributed by atoms with E-state index in [1.165, 1.54) is 0 Å². The molecule has 4 nitrogen and oxygen atoms in total. The summed E-state index contributed by atoms with van der Waals surface area (Å²) in [4.78, 5) is 11.6. The molecule has 0 spiro atoms. The molecule has 92 valence electrons. The zero-order valence-electron chi connectivity index (χ0n) is 10.1. The molecule has 16 heavy (non-hydrogen) atoms. The van der Waals surface area contributed by atoms with Crippen molar-refractivity contribution >= 4 is 5.91 Å². The average Bonchev–Trinajstić information content (AvgIpc) is 2.67. The van der Waals surface area contributed by atoms with Crippen LogP contribution in [0.5, 0.6) is 0 Å². The number of primary amides is 1. The van der Waals surface area contributed by atoms with Crippen LogP contribution in [0.2, 0.25) is 0 Å². The summed E-state index contributed by atoms with van der Waals surface area (Å²) in [6.45, 7) is 5.89. The minimum Gasteiger partial charge on any atom is -0.381 e. The van der Waals surface area contributed by atoms with E-state index < -0.39 is 0 Å². The third kappa shape index (κ3) is 2.23. The normalized spacial score (nSPS) is 44.5. The van der Waals surface area contributed by atoms with Crippen LogP contribution in [0.1, 0.15) is 26.7 Å². The predicted molar refractivity (Wildman–Crippen MR) is 61.8 cm³/mol. The highest BCUT2D eigenvalue weighted by molar-refractivity contribution is 5.78. The van der Waals surface area contributed by atoms with E-state index in [9.17, 15) is 4.79 Å². The van der Waals surface area contributed by atoms with E-state index in [2.05, 4.69) is 19.2 Å². The molecule has 0 aromatic carbocycles. The second-order valence-electron chi connectivity index (χ2n) is 5.36. The van der Waals surface area contributed by atoms with Crippen molar-refractivity contribution in [3.63, 3.8) is 0 Å². The lowest BCUT2D eigenvalue weighted by molar-refractivity contribution is -0.126. The second kappa shape index (κ2) is 4.72. The Kier molecular flexibility index (Phi) is 3.50. The Bertz CT molecular complexity index is 264. The van der Waals surface area contributed by atoms with E-state index in [0.29, 0.717) is 17.9 Å². The predicted octanol–water partition coefficient (Wildman–Crippen LogP) is 0.511. The molecule has 2 heterocycles. The van der Waals surface area contributed by atoms with Gasteiger partial charge in [0.05, 0.1) is 12.5 Å². The van der Waals surface area contributed by atoms with Crippen LogP contribution in [0.3, 0.4) is 0 Å². The summed E-state index contributed by atoms with van der Waals surface area (Å²) in [5, 5.41) is 3.54. The zero-order chi connectivity index (χ0) is 11.7. The van der Waals surface area contributed by atoms with Crippen LogP contribution in [0.15, 0.2) is 0 Å². The number of piperidine rings is 1. The van der Waals surface area contributed by atoms with Gasteiger partial charge in [0, 0.05) is 24.6 Å². The van der Waals surface area contributed by atoms with Gasteiger partial charge in [-0.15, -0.1) is 0 Å². The summed E-state index contributed by atoms with van der Waals surface area (Å²) in [6, 6.07) is 0.676. The lowest BCUT2D eigenvalue weighted by Crippen LogP contribution is -2.57. The Morgan fingerprint density at radius 1 is 1.44 bits per heavy atom. The maximum atomic E-state index is 11.6. The van der Waals surface area contributed by atoms with Crippen molar-refractivity contribution in [3.05, 3.63) is 0 Å². The number of carbonyl (C=O) groups is 1. The van der Waals surface area contributed by atoms with E-state index in [1.807, 2.05) is 0 Å². The van der Waals surface area contributed by atoms with Crippen LogP contribution in [0.25, 0.3) is 0 Å². The summed E-state index contributed by atoms with van der Waals surface area (Å²) in [5.41, 5.74) is 5.54. The molecule has 3 N–H and O–H groups in total. The molecule has 2 aliphatic rings. The Labute approximate surface area is 96.9 Å². The van der Waals surface area contributed by atoms with Gasteiger partial charge in [-0.25, -0.2) is 0 Å². The topological polar surface area (TPSA) is 64.4 Å². The number of rotatable bonds is 2. The van der Waals surface area contributed by atoms with Gasteiger partial charge in [-0.1, -0.05) is 6.92 Å². The van der Waals surface area contributed by atoms with Crippen molar-refractivity contribution in [2.45, 2.75) is 38.8 Å². The van der Waals surface area contributed by atoms with E-state index in [0.717, 1.165) is 26.1 Å². The molecule has 0 saturated carbocycles. The minimum absolute atomic E-state index is 0.0390. The summed E-state index contributed by atoms with van der Waals surface area (Å²) in [5.74, 6) is 0.619. The number of ether oxygens (including phenoxy) is 1. The van der Waals surface area contributed by atoms with Gasteiger partial charge in [0.2, 0.25) is 5.91 Å². The molecule has 0 radical (unpaired) electrons. The zero-order valence-corrected chi connectivity index (χ0v) is 10.1. The number of hydrogen-bond acceptors (Lipinski definition) is 3. The van der Waals surface area contributed by atoms with Gasteiger partial charge in [0.15, 0.2) is 0 Å². The molecular weight excluding hydrogens is 204 g/mol. The van der Waals surface area contributed by atoms with Crippen LogP contribution in [-0.4, -0.2) is 31.2 Å². The first kappa shape index (κ1) is 11.9. The Morgan fingerprint density at radius 2 is 2.19 bits per heavy atom. The lowest BCUT2D eigenvalue weighted by Gasteiger charge is -2.41. The van der Waals surface area contributed by atoms with Gasteiger partial charge >= 0.3 is 0 Å². The molecule has 0 aromatic rings. The van der Waals surface area contributed by atoms with Gasteiger partial charge < -0.3 is 15.8 Å². The van der Waals surface area contributed by atoms with Crippen LogP contribution in [0, 0.1) is 17.8 Å². The van der Waals surface area contributed by atoms with Crippen molar-refractivity contribution in [1.29, 1.82) is 0 Å². The fourth-order valence-corrected chi connectivity index (χ4v) is 3.28. The molecule has 2 fully saturated rings. The maximum absolute atomic E-state index is 11.6. The first-order valence-electron chi connectivity index (χ1n) is 6.22. The molecular formula is C12H22N2O2. The molecule has 0 bridgehead atoms. The molecule has 2 rings (SSSR count). The molecule has 0 aliphatic carbocycles. The summed E-state index contributed by atoms with van der Waals surface area (Å²) in [7, 11) is 0. The van der Waals surface area contributed by atoms with E-state index >= 15 is 0 Å². The Hall–Kier alpha value is -0.610. The largest absolute Gasteiger partial charge is 0.381 e. The third-order valence-corrected chi connectivity index (χ3v) is 4.00. The number of hydrogen-bond donors (Lipinski definition) is 2. The molecule has 2 saturated heterocycles. The summed E-state index contributed by atoms with van der Waals surface area (Å²) < 4.78 is 5.42. The van der Waals surface area contributed by atoms with Crippen molar-refractivity contribution < 1.29 is 9.53 Å². The van der Waals surface area contributed by atoms with Gasteiger partial charge in [0.1, 0.15) is 0 Å². The van der Waals surface area contributed by atoms with E-state index in [-0.39, 0.29) is 17.9 Å². The lowest BCUT2D eigenvalue weighted by atomic mass is 9.74. The molecule has 1 amide bonds. The quantitative estimate of drug-likeness (QED) is 0.721. The van der Waals surface area contributed by atoms with E-state index in [4.69, 9.17) is 10.5 Å². The number of nitrogens with two attached hydrogens (primary N) is 1. The fourth-order valence-electron chi connectivity index (χ4n) is 3.28. The summed E-state index contributed by atoms with van der Waals surface area (Å²) >= 11 is 0. The van der Waals surface area contributed by atoms with Crippen molar-refractivity contribution in [1.82, 2.24) is 5.32 Å². The molecule has 5 unspecified atom stereocenters. The smallest absolute Gasteiger partial charge is 0.222 e. The van der Waals surface area contributed by atoms with Crippen LogP contribution >= 0.6 is 0 Å². The Morgan fingerprint density at radius 3 is 2.75 bits per heavy atom. The number of carbonyl (C=O) groups excluding carboxylic acids is 1. The van der Waals surface area contributed by atoms with Gasteiger partial charge in [0.25, 0.3) is 0 Å². The van der Waals surface area contributed by atoms with Crippen molar-refractivity contribution in [2.24, 2.45) is 23.5 Å². The Balaban J connectivity index is 2.13. The highest BCUT2D eigenvalue weighted by Crippen LogP contribution is 2.32. The van der Waals surface area contributed by atoms with Crippen LogP contribution in [-0.2, 0) is 9.53 Å². The standard InChI is InChI=1S/C12H22N2O2/c1-7-5-8(2)14-11(10(7)12(13)15)9-3-4-16-6-9/h7-11,14H,3-6H2,1-2H3,(H2,13,15). The van der Waals surface area contributed by atoms with Crippen LogP contribution < -0.4 is 11.1 Å². The van der Waals surface area contributed by atoms with Crippen molar-refractivity contribution in [3.8, 4) is 0 Å². The third-order valence-electron chi connectivity index (χ3n) is 4.00. The van der Waals surface area contributed by atoms with Crippen LogP contribution in [0.4, 0.5) is 0 Å². The van der Waals surface area contributed by atoms with Gasteiger partial charge in [-0.05, 0) is 25.7 Å². The molecule has 4 heteroatoms. The highest BCUT2D eigenvalue weighted by atomic mass is 16.5. The monoisotopic (exact) mass is 226 g/mol. The average molecular weight is 226 g/mol. The van der Waals surface area contributed by atoms with Gasteiger partial charge in [-0.3, -0.25) is 4.79 Å². The summed E-state index contributed by atoms with van der Waals surface area (Å²) in [6.07, 6.45) is 2.07. The second-order valence-corrected chi connectivity index (χ2v) is 5.36. The molecule has 5 atom stereocenters. The highest BCUT2D eigenvalue weighted by Gasteiger charge is 2.42. The fraction of sp³-hybridized carbons (Fsp3) is 0.917. The first-order valence-corrected chi connectivity index (χ1v) is 6.22. The van der Waals surface area contributed by atoms with Gasteiger partial charge in [-0.2, -0.15) is 0 Å². The molecule has 0 aromatic heterocycles. The molecule has 2 aliphatic heterocycles.